The molecule has 0 bridgehead atoms. The lowest BCUT2D eigenvalue weighted by Crippen LogP contribution is -2.28. The Labute approximate surface area is 114 Å². The topological polar surface area (TPSA) is 49.3 Å². The standard InChI is InChI=1S/C14H14FNO2S/c1-9-6-7-19-13(9)12(17)8-16-14(18)10-4-2-3-5-11(10)15/h2-7,12,17H,8H2,1H3,(H,16,18). The van der Waals surface area contributed by atoms with E-state index in [9.17, 15) is 14.3 Å². The summed E-state index contributed by atoms with van der Waals surface area (Å²) in [4.78, 5) is 12.6. The highest BCUT2D eigenvalue weighted by Crippen LogP contribution is 2.23. The van der Waals surface area contributed by atoms with E-state index < -0.39 is 17.8 Å². The molecule has 0 spiro atoms. The maximum absolute atomic E-state index is 13.4. The predicted octanol–water partition coefficient (Wildman–Crippen LogP) is 2.66. The third-order valence-corrected chi connectivity index (χ3v) is 3.90. The minimum atomic E-state index is -0.768. The Balaban J connectivity index is 1.98. The van der Waals surface area contributed by atoms with Crippen LogP contribution in [0.25, 0.3) is 0 Å². The van der Waals surface area contributed by atoms with Gasteiger partial charge in [0.05, 0.1) is 5.56 Å². The molecule has 0 aliphatic rings. The summed E-state index contributed by atoms with van der Waals surface area (Å²) in [5.41, 5.74) is 0.968. The molecule has 19 heavy (non-hydrogen) atoms. The van der Waals surface area contributed by atoms with Gasteiger partial charge in [-0.2, -0.15) is 0 Å². The second kappa shape index (κ2) is 5.95. The number of amides is 1. The number of carbonyl (C=O) groups is 1. The lowest BCUT2D eigenvalue weighted by Gasteiger charge is -2.11. The lowest BCUT2D eigenvalue weighted by molar-refractivity contribution is 0.0913. The predicted molar refractivity (Wildman–Crippen MR) is 72.7 cm³/mol. The minimum Gasteiger partial charge on any atom is -0.386 e. The van der Waals surface area contributed by atoms with Crippen molar-refractivity contribution in [2.45, 2.75) is 13.0 Å². The molecule has 0 radical (unpaired) electrons. The molecule has 0 saturated heterocycles. The molecule has 3 nitrogen and oxygen atoms in total. The Bertz CT molecular complexity index is 582. The van der Waals surface area contributed by atoms with E-state index in [1.54, 1.807) is 6.07 Å². The first-order chi connectivity index (χ1) is 9.09. The van der Waals surface area contributed by atoms with Gasteiger partial charge in [-0.05, 0) is 36.1 Å². The Kier molecular flexibility index (Phi) is 4.29. The normalized spacial score (nSPS) is 12.2. The average Bonchev–Trinajstić information content (AvgIpc) is 2.82. The largest absolute Gasteiger partial charge is 0.386 e. The first kappa shape index (κ1) is 13.7. The highest BCUT2D eigenvalue weighted by molar-refractivity contribution is 7.10. The summed E-state index contributed by atoms with van der Waals surface area (Å²) >= 11 is 1.43. The molecule has 0 aliphatic carbocycles. The number of nitrogens with one attached hydrogen (secondary N) is 1. The van der Waals surface area contributed by atoms with E-state index in [4.69, 9.17) is 0 Å². The smallest absolute Gasteiger partial charge is 0.254 e. The van der Waals surface area contributed by atoms with Gasteiger partial charge >= 0.3 is 0 Å². The zero-order chi connectivity index (χ0) is 13.8. The van der Waals surface area contributed by atoms with Crippen LogP contribution >= 0.6 is 11.3 Å². The molecule has 1 unspecified atom stereocenters. The number of thiophene rings is 1. The monoisotopic (exact) mass is 279 g/mol. The van der Waals surface area contributed by atoms with Gasteiger partial charge in [-0.15, -0.1) is 11.3 Å². The van der Waals surface area contributed by atoms with Crippen molar-refractivity contribution in [3.05, 3.63) is 57.5 Å². The molecule has 1 amide bonds. The van der Waals surface area contributed by atoms with Gasteiger partial charge in [-0.1, -0.05) is 12.1 Å². The van der Waals surface area contributed by atoms with Gasteiger partial charge in [0.25, 0.3) is 5.91 Å². The van der Waals surface area contributed by atoms with E-state index >= 15 is 0 Å². The van der Waals surface area contributed by atoms with Crippen LogP contribution in [0.2, 0.25) is 0 Å². The van der Waals surface area contributed by atoms with Crippen LogP contribution in [-0.2, 0) is 0 Å². The zero-order valence-electron chi connectivity index (χ0n) is 10.4. The number of benzene rings is 1. The summed E-state index contributed by atoms with van der Waals surface area (Å²) in [6, 6.07) is 7.66. The number of hydrogen-bond acceptors (Lipinski definition) is 3. The van der Waals surface area contributed by atoms with Crippen molar-refractivity contribution in [3.63, 3.8) is 0 Å². The first-order valence-electron chi connectivity index (χ1n) is 5.84. The lowest BCUT2D eigenvalue weighted by atomic mass is 10.2. The fourth-order valence-corrected chi connectivity index (χ4v) is 2.66. The van der Waals surface area contributed by atoms with Crippen molar-refractivity contribution in [2.75, 3.05) is 6.54 Å². The SMILES string of the molecule is Cc1ccsc1C(O)CNC(=O)c1ccccc1F. The molecule has 0 fully saturated rings. The van der Waals surface area contributed by atoms with Crippen molar-refractivity contribution in [1.29, 1.82) is 0 Å². The Morgan fingerprint density at radius 1 is 1.42 bits per heavy atom. The minimum absolute atomic E-state index is 0.0161. The highest BCUT2D eigenvalue weighted by atomic mass is 32.1. The van der Waals surface area contributed by atoms with Crippen LogP contribution < -0.4 is 5.32 Å². The van der Waals surface area contributed by atoms with Crippen LogP contribution in [0.3, 0.4) is 0 Å². The van der Waals surface area contributed by atoms with Crippen LogP contribution in [0, 0.1) is 12.7 Å². The summed E-state index contributed by atoms with van der Waals surface area (Å²) in [5.74, 6) is -1.09. The van der Waals surface area contributed by atoms with Gasteiger partial charge in [0.15, 0.2) is 0 Å². The summed E-state index contributed by atoms with van der Waals surface area (Å²) in [5, 5.41) is 14.4. The summed E-state index contributed by atoms with van der Waals surface area (Å²) in [6.45, 7) is 1.96. The maximum atomic E-state index is 13.4. The van der Waals surface area contributed by atoms with Crippen LogP contribution in [0.1, 0.15) is 26.9 Å². The number of aliphatic hydroxyl groups is 1. The molecule has 2 aromatic rings. The second-order valence-electron chi connectivity index (χ2n) is 4.17. The average molecular weight is 279 g/mol. The maximum Gasteiger partial charge on any atom is 0.254 e. The number of carbonyl (C=O) groups excluding carboxylic acids is 1. The number of hydrogen-bond donors (Lipinski definition) is 2. The molecule has 0 aliphatic heterocycles. The molecule has 5 heteroatoms. The molecule has 100 valence electrons. The van der Waals surface area contributed by atoms with E-state index in [-0.39, 0.29) is 12.1 Å². The van der Waals surface area contributed by atoms with Gasteiger partial charge in [0.2, 0.25) is 0 Å². The Morgan fingerprint density at radius 2 is 2.16 bits per heavy atom. The fourth-order valence-electron chi connectivity index (χ4n) is 1.75. The van der Waals surface area contributed by atoms with E-state index in [1.165, 1.54) is 29.5 Å². The fraction of sp³-hybridized carbons (Fsp3) is 0.214. The second-order valence-corrected chi connectivity index (χ2v) is 5.12. The highest BCUT2D eigenvalue weighted by Gasteiger charge is 2.15. The molecule has 2 rings (SSSR count). The Hall–Kier alpha value is -1.72. The number of aliphatic hydroxyl groups excluding tert-OH is 1. The molecule has 1 aromatic heterocycles. The number of halogens is 1. The van der Waals surface area contributed by atoms with Crippen LogP contribution in [0.5, 0.6) is 0 Å². The van der Waals surface area contributed by atoms with Crippen molar-refractivity contribution in [1.82, 2.24) is 5.32 Å². The van der Waals surface area contributed by atoms with Crippen LogP contribution in [0.4, 0.5) is 4.39 Å². The zero-order valence-corrected chi connectivity index (χ0v) is 11.2. The van der Waals surface area contributed by atoms with Crippen LogP contribution in [0.15, 0.2) is 35.7 Å². The van der Waals surface area contributed by atoms with E-state index in [0.29, 0.717) is 0 Å². The van der Waals surface area contributed by atoms with Gasteiger partial charge in [-0.25, -0.2) is 4.39 Å². The molecular weight excluding hydrogens is 265 g/mol. The third-order valence-electron chi connectivity index (χ3n) is 2.78. The van der Waals surface area contributed by atoms with Crippen molar-refractivity contribution in [3.8, 4) is 0 Å². The van der Waals surface area contributed by atoms with Gasteiger partial charge in [-0.3, -0.25) is 4.79 Å². The molecular formula is C14H14FNO2S. The van der Waals surface area contributed by atoms with Gasteiger partial charge in [0, 0.05) is 11.4 Å². The van der Waals surface area contributed by atoms with Crippen LogP contribution in [-0.4, -0.2) is 17.6 Å². The summed E-state index contributed by atoms with van der Waals surface area (Å²) < 4.78 is 13.4. The molecule has 1 heterocycles. The van der Waals surface area contributed by atoms with Crippen molar-refractivity contribution < 1.29 is 14.3 Å². The third kappa shape index (κ3) is 3.19. The Morgan fingerprint density at radius 3 is 2.79 bits per heavy atom. The summed E-state index contributed by atoms with van der Waals surface area (Å²) in [7, 11) is 0. The quantitative estimate of drug-likeness (QED) is 0.904. The number of aryl methyl sites for hydroxylation is 1. The van der Waals surface area contributed by atoms with E-state index in [0.717, 1.165) is 10.4 Å². The molecule has 0 saturated carbocycles. The summed E-state index contributed by atoms with van der Waals surface area (Å²) in [6.07, 6.45) is -0.768. The molecule has 2 N–H and O–H groups in total. The molecule has 1 aromatic carbocycles. The van der Waals surface area contributed by atoms with E-state index in [1.807, 2.05) is 18.4 Å². The van der Waals surface area contributed by atoms with E-state index in [2.05, 4.69) is 5.32 Å². The first-order valence-corrected chi connectivity index (χ1v) is 6.72. The van der Waals surface area contributed by atoms with Crippen molar-refractivity contribution >= 4 is 17.2 Å². The number of rotatable bonds is 4. The van der Waals surface area contributed by atoms with Gasteiger partial charge in [0.1, 0.15) is 11.9 Å². The van der Waals surface area contributed by atoms with Crippen molar-refractivity contribution in [2.24, 2.45) is 0 Å². The van der Waals surface area contributed by atoms with Gasteiger partial charge < -0.3 is 10.4 Å². The molecule has 1 atom stereocenters.